The van der Waals surface area contributed by atoms with Gasteiger partial charge in [-0.1, -0.05) is 12.1 Å². The predicted octanol–water partition coefficient (Wildman–Crippen LogP) is 6.38. The number of phenolic OH excluding ortho intramolecular Hbond substituents is 1. The number of rotatable bonds is 2. The van der Waals surface area contributed by atoms with Crippen molar-refractivity contribution < 1.29 is 18.3 Å². The number of aromatic nitrogens is 2. The molecule has 5 aromatic rings. The number of aryl methyl sites for hydroxylation is 4. The van der Waals surface area contributed by atoms with Gasteiger partial charge in [0.25, 0.3) is 0 Å². The van der Waals surface area contributed by atoms with Gasteiger partial charge in [-0.3, -0.25) is 0 Å². The molecule has 0 fully saturated rings. The van der Waals surface area contributed by atoms with Gasteiger partial charge in [-0.05, 0) is 74.2 Å². The van der Waals surface area contributed by atoms with Crippen molar-refractivity contribution in [2.24, 2.45) is 0 Å². The molecule has 0 atom stereocenters. The number of halogens is 1. The molecule has 0 amide bonds. The number of phenols is 1. The predicted molar refractivity (Wildman–Crippen MR) is 113 cm³/mol. The number of hydrogen-bond acceptors (Lipinski definition) is 5. The quantitative estimate of drug-likeness (QED) is 0.371. The second-order valence-electron chi connectivity index (χ2n) is 7.72. The number of hydrogen-bond donors (Lipinski definition) is 1. The van der Waals surface area contributed by atoms with Gasteiger partial charge in [-0.2, -0.15) is 0 Å². The first-order valence-corrected chi connectivity index (χ1v) is 9.59. The van der Waals surface area contributed by atoms with E-state index in [0.717, 1.165) is 22.3 Å². The van der Waals surface area contributed by atoms with Crippen LogP contribution in [0.4, 0.5) is 4.39 Å². The molecular weight excluding hydrogens is 383 g/mol. The van der Waals surface area contributed by atoms with Gasteiger partial charge in [0.05, 0.1) is 11.1 Å². The van der Waals surface area contributed by atoms with E-state index in [1.807, 2.05) is 52.0 Å². The molecule has 3 aromatic carbocycles. The van der Waals surface area contributed by atoms with Gasteiger partial charge in [0, 0.05) is 0 Å². The van der Waals surface area contributed by atoms with Crippen molar-refractivity contribution in [3.63, 3.8) is 0 Å². The lowest BCUT2D eigenvalue weighted by molar-refractivity contribution is 0.431. The van der Waals surface area contributed by atoms with Gasteiger partial charge < -0.3 is 13.9 Å². The van der Waals surface area contributed by atoms with Crippen molar-refractivity contribution in [2.75, 3.05) is 0 Å². The van der Waals surface area contributed by atoms with Gasteiger partial charge in [-0.25, -0.2) is 14.4 Å². The monoisotopic (exact) mass is 402 g/mol. The van der Waals surface area contributed by atoms with Crippen LogP contribution in [-0.2, 0) is 0 Å². The van der Waals surface area contributed by atoms with E-state index in [1.54, 1.807) is 6.07 Å². The molecule has 0 radical (unpaired) electrons. The van der Waals surface area contributed by atoms with Crippen molar-refractivity contribution in [1.29, 1.82) is 0 Å². The Morgan fingerprint density at radius 3 is 1.73 bits per heavy atom. The first-order chi connectivity index (χ1) is 14.3. The highest BCUT2D eigenvalue weighted by Crippen LogP contribution is 2.39. The maximum absolute atomic E-state index is 15.1. The van der Waals surface area contributed by atoms with Crippen molar-refractivity contribution in [3.8, 4) is 28.7 Å². The molecule has 0 aliphatic heterocycles. The Bertz CT molecular complexity index is 1350. The Kier molecular flexibility index (Phi) is 3.93. The number of nitrogens with zero attached hydrogens (tertiary/aromatic N) is 2. The molecule has 0 bridgehead atoms. The zero-order valence-electron chi connectivity index (χ0n) is 17.0. The molecule has 30 heavy (non-hydrogen) atoms. The largest absolute Gasteiger partial charge is 0.504 e. The van der Waals surface area contributed by atoms with Crippen molar-refractivity contribution in [3.05, 3.63) is 64.5 Å². The van der Waals surface area contributed by atoms with Crippen LogP contribution < -0.4 is 0 Å². The molecule has 1 N–H and O–H groups in total. The summed E-state index contributed by atoms with van der Waals surface area (Å²) in [4.78, 5) is 8.84. The van der Waals surface area contributed by atoms with Crippen molar-refractivity contribution in [1.82, 2.24) is 9.97 Å². The van der Waals surface area contributed by atoms with Crippen LogP contribution in [0.2, 0.25) is 0 Å². The lowest BCUT2D eigenvalue weighted by atomic mass is 10.1. The van der Waals surface area contributed by atoms with E-state index in [9.17, 15) is 5.11 Å². The summed E-state index contributed by atoms with van der Waals surface area (Å²) in [5, 5.41) is 10.6. The zero-order valence-corrected chi connectivity index (χ0v) is 17.0. The minimum absolute atomic E-state index is 0.0765. The van der Waals surface area contributed by atoms with Crippen molar-refractivity contribution in [2.45, 2.75) is 27.7 Å². The molecule has 2 aromatic heterocycles. The Labute approximate surface area is 171 Å². The molecule has 0 saturated heterocycles. The van der Waals surface area contributed by atoms with E-state index < -0.39 is 11.6 Å². The summed E-state index contributed by atoms with van der Waals surface area (Å²) in [5.41, 5.74) is 6.71. The fourth-order valence-electron chi connectivity index (χ4n) is 3.89. The van der Waals surface area contributed by atoms with Crippen LogP contribution in [-0.4, -0.2) is 15.1 Å². The normalized spacial score (nSPS) is 11.6. The topological polar surface area (TPSA) is 72.3 Å². The zero-order chi connectivity index (χ0) is 21.2. The first kappa shape index (κ1) is 18.4. The van der Waals surface area contributed by atoms with E-state index in [4.69, 9.17) is 8.83 Å². The maximum atomic E-state index is 15.1. The summed E-state index contributed by atoms with van der Waals surface area (Å²) in [7, 11) is 0. The summed E-state index contributed by atoms with van der Waals surface area (Å²) in [6, 6.07) is 10.8. The summed E-state index contributed by atoms with van der Waals surface area (Å²) in [5.74, 6) is -1.11. The van der Waals surface area contributed by atoms with Crippen LogP contribution in [0.15, 0.2) is 45.2 Å². The van der Waals surface area contributed by atoms with E-state index in [0.29, 0.717) is 22.2 Å². The second-order valence-corrected chi connectivity index (χ2v) is 7.72. The summed E-state index contributed by atoms with van der Waals surface area (Å²) in [6.45, 7) is 7.77. The van der Waals surface area contributed by atoms with Crippen LogP contribution in [0.1, 0.15) is 22.3 Å². The van der Waals surface area contributed by atoms with Crippen LogP contribution in [0.3, 0.4) is 0 Å². The van der Waals surface area contributed by atoms with Crippen molar-refractivity contribution >= 4 is 22.2 Å². The summed E-state index contributed by atoms with van der Waals surface area (Å²) in [6.07, 6.45) is 0. The fraction of sp³-hybridized carbons (Fsp3) is 0.167. The third kappa shape index (κ3) is 2.76. The van der Waals surface area contributed by atoms with E-state index in [-0.39, 0.29) is 22.9 Å². The molecule has 0 spiro atoms. The number of fused-ring (bicyclic) bond motifs is 2. The second kappa shape index (κ2) is 6.42. The lowest BCUT2D eigenvalue weighted by Crippen LogP contribution is -1.89. The van der Waals surface area contributed by atoms with Gasteiger partial charge in [0.15, 0.2) is 22.7 Å². The van der Waals surface area contributed by atoms with E-state index >= 15 is 4.39 Å². The summed E-state index contributed by atoms with van der Waals surface area (Å²) < 4.78 is 26.7. The Hall–Kier alpha value is -3.67. The number of benzene rings is 3. The molecule has 0 aliphatic carbocycles. The molecule has 0 saturated carbocycles. The Balaban J connectivity index is 1.64. The average Bonchev–Trinajstić information content (AvgIpc) is 3.28. The number of oxazole rings is 2. The third-order valence-corrected chi connectivity index (χ3v) is 5.22. The first-order valence-electron chi connectivity index (χ1n) is 9.59. The smallest absolute Gasteiger partial charge is 0.231 e. The highest BCUT2D eigenvalue weighted by atomic mass is 19.1. The highest BCUT2D eigenvalue weighted by molar-refractivity contribution is 5.83. The van der Waals surface area contributed by atoms with Gasteiger partial charge >= 0.3 is 0 Å². The minimum Gasteiger partial charge on any atom is -0.504 e. The average molecular weight is 402 g/mol. The van der Waals surface area contributed by atoms with Crippen LogP contribution >= 0.6 is 0 Å². The molecule has 150 valence electrons. The highest BCUT2D eigenvalue weighted by Gasteiger charge is 2.22. The Morgan fingerprint density at radius 1 is 0.733 bits per heavy atom. The number of aromatic hydroxyl groups is 1. The van der Waals surface area contributed by atoms with Gasteiger partial charge in [-0.15, -0.1) is 0 Å². The van der Waals surface area contributed by atoms with Crippen LogP contribution in [0.5, 0.6) is 5.75 Å². The standard InChI is InChI=1S/C24H19FN2O3/c1-11-7-13(3)21-17(9-11)26-23(29-21)15-5-6-16(20(28)19(15)25)24-27-18-10-12(2)8-14(4)22(18)30-24/h5-10,28H,1-4H3. The van der Waals surface area contributed by atoms with Gasteiger partial charge in [0.1, 0.15) is 11.0 Å². The molecule has 6 heteroatoms. The van der Waals surface area contributed by atoms with Crippen LogP contribution in [0, 0.1) is 33.5 Å². The SMILES string of the molecule is Cc1cc(C)c2oc(-c3ccc(-c4nc5cc(C)cc(C)c5o4)c(F)c3O)nc2c1. The van der Waals surface area contributed by atoms with Crippen LogP contribution in [0.25, 0.3) is 45.1 Å². The molecule has 0 aliphatic rings. The summed E-state index contributed by atoms with van der Waals surface area (Å²) >= 11 is 0. The fourth-order valence-corrected chi connectivity index (χ4v) is 3.89. The molecular formula is C24H19FN2O3. The van der Waals surface area contributed by atoms with E-state index in [1.165, 1.54) is 6.07 Å². The van der Waals surface area contributed by atoms with E-state index in [2.05, 4.69) is 9.97 Å². The van der Waals surface area contributed by atoms with Gasteiger partial charge in [0.2, 0.25) is 11.8 Å². The molecule has 0 unspecified atom stereocenters. The molecule has 2 heterocycles. The lowest BCUT2D eigenvalue weighted by Gasteiger charge is -2.05. The minimum atomic E-state index is -0.830. The Morgan fingerprint density at radius 2 is 1.20 bits per heavy atom. The molecule has 5 nitrogen and oxygen atoms in total. The maximum Gasteiger partial charge on any atom is 0.231 e. The molecule has 5 rings (SSSR count). The third-order valence-electron chi connectivity index (χ3n) is 5.22.